The number of hydrogen-bond donors (Lipinski definition) is 1. The number of amides is 2. The molecule has 0 saturated heterocycles. The molecule has 0 spiro atoms. The smallest absolute Gasteiger partial charge is 0.265 e. The predicted octanol–water partition coefficient (Wildman–Crippen LogP) is 4.76. The summed E-state index contributed by atoms with van der Waals surface area (Å²) in [5.41, 5.74) is 1.54. The molecule has 2 aliphatic rings. The van der Waals surface area contributed by atoms with Crippen molar-refractivity contribution in [3.05, 3.63) is 18.2 Å². The molecular formula is C22H32N2O3. The van der Waals surface area contributed by atoms with E-state index in [1.807, 2.05) is 25.1 Å². The highest BCUT2D eigenvalue weighted by atomic mass is 16.5. The first-order valence-corrected chi connectivity index (χ1v) is 10.5. The molecule has 5 nitrogen and oxygen atoms in total. The number of carbonyl (C=O) groups excluding carboxylic acids is 2. The van der Waals surface area contributed by atoms with Gasteiger partial charge in [0.25, 0.3) is 5.91 Å². The van der Waals surface area contributed by atoms with Gasteiger partial charge in [-0.25, -0.2) is 0 Å². The van der Waals surface area contributed by atoms with Crippen LogP contribution in [-0.4, -0.2) is 25.0 Å². The first kappa shape index (κ1) is 19.7. The van der Waals surface area contributed by atoms with Crippen molar-refractivity contribution in [1.82, 2.24) is 0 Å². The minimum absolute atomic E-state index is 0.0130. The zero-order valence-corrected chi connectivity index (χ0v) is 16.6. The fraction of sp³-hybridized carbons (Fsp3) is 0.636. The van der Waals surface area contributed by atoms with E-state index in [1.165, 1.54) is 32.1 Å². The SMILES string of the molecule is CCCCC1CCC(C(=O)Nc2ccc3c(c2)OCC(=O)N3CCC)CC1. The van der Waals surface area contributed by atoms with Crippen LogP contribution in [0.1, 0.15) is 65.2 Å². The molecular weight excluding hydrogens is 340 g/mol. The van der Waals surface area contributed by atoms with Crippen LogP contribution in [0.3, 0.4) is 0 Å². The maximum absolute atomic E-state index is 12.7. The molecule has 0 atom stereocenters. The molecule has 0 unspecified atom stereocenters. The third-order valence-electron chi connectivity index (χ3n) is 5.80. The summed E-state index contributed by atoms with van der Waals surface area (Å²) in [6, 6.07) is 5.59. The first-order chi connectivity index (χ1) is 13.1. The summed E-state index contributed by atoms with van der Waals surface area (Å²) in [7, 11) is 0. The van der Waals surface area contributed by atoms with Gasteiger partial charge in [-0.1, -0.05) is 33.1 Å². The zero-order valence-electron chi connectivity index (χ0n) is 16.6. The van der Waals surface area contributed by atoms with E-state index in [1.54, 1.807) is 4.90 Å². The lowest BCUT2D eigenvalue weighted by atomic mass is 9.79. The Kier molecular flexibility index (Phi) is 6.75. The number of carbonyl (C=O) groups is 2. The molecule has 1 aliphatic carbocycles. The number of unbranched alkanes of at least 4 members (excludes halogenated alkanes) is 1. The van der Waals surface area contributed by atoms with Gasteiger partial charge in [0.15, 0.2) is 6.61 Å². The third kappa shape index (κ3) is 4.82. The summed E-state index contributed by atoms with van der Waals surface area (Å²) < 4.78 is 5.59. The molecule has 1 aromatic carbocycles. The Labute approximate surface area is 162 Å². The van der Waals surface area contributed by atoms with Crippen LogP contribution in [0.2, 0.25) is 0 Å². The third-order valence-corrected chi connectivity index (χ3v) is 5.80. The molecule has 0 aromatic heterocycles. The van der Waals surface area contributed by atoms with Crippen LogP contribution in [0, 0.1) is 11.8 Å². The number of anilines is 2. The molecule has 5 heteroatoms. The number of nitrogens with one attached hydrogen (secondary N) is 1. The van der Waals surface area contributed by atoms with E-state index in [4.69, 9.17) is 4.74 Å². The quantitative estimate of drug-likeness (QED) is 0.751. The van der Waals surface area contributed by atoms with E-state index in [0.717, 1.165) is 36.6 Å². The van der Waals surface area contributed by atoms with Gasteiger partial charge in [-0.15, -0.1) is 0 Å². The van der Waals surface area contributed by atoms with Gasteiger partial charge >= 0.3 is 0 Å². The second-order valence-corrected chi connectivity index (χ2v) is 7.87. The molecule has 148 valence electrons. The fourth-order valence-electron chi connectivity index (χ4n) is 4.20. The van der Waals surface area contributed by atoms with Gasteiger partial charge in [0.1, 0.15) is 5.75 Å². The Hall–Kier alpha value is -2.04. The topological polar surface area (TPSA) is 58.6 Å². The lowest BCUT2D eigenvalue weighted by Gasteiger charge is -2.30. The Bertz CT molecular complexity index is 666. The van der Waals surface area contributed by atoms with E-state index >= 15 is 0 Å². The lowest BCUT2D eigenvalue weighted by molar-refractivity contribution is -0.122. The predicted molar refractivity (Wildman–Crippen MR) is 108 cm³/mol. The van der Waals surface area contributed by atoms with Crippen molar-refractivity contribution in [2.75, 3.05) is 23.4 Å². The molecule has 1 aromatic rings. The van der Waals surface area contributed by atoms with E-state index < -0.39 is 0 Å². The Morgan fingerprint density at radius 1 is 1.19 bits per heavy atom. The molecule has 1 aliphatic heterocycles. The highest BCUT2D eigenvalue weighted by Gasteiger charge is 2.28. The molecule has 27 heavy (non-hydrogen) atoms. The summed E-state index contributed by atoms with van der Waals surface area (Å²) in [4.78, 5) is 26.5. The largest absolute Gasteiger partial charge is 0.481 e. The van der Waals surface area contributed by atoms with E-state index in [-0.39, 0.29) is 24.3 Å². The van der Waals surface area contributed by atoms with Crippen LogP contribution in [0.4, 0.5) is 11.4 Å². The number of rotatable bonds is 7. The van der Waals surface area contributed by atoms with Crippen molar-refractivity contribution in [3.8, 4) is 5.75 Å². The van der Waals surface area contributed by atoms with Crippen LogP contribution >= 0.6 is 0 Å². The number of benzene rings is 1. The number of nitrogens with zero attached hydrogens (tertiary/aromatic N) is 1. The normalized spacial score (nSPS) is 22.1. The molecule has 0 bridgehead atoms. The first-order valence-electron chi connectivity index (χ1n) is 10.5. The highest BCUT2D eigenvalue weighted by molar-refractivity contribution is 5.99. The Balaban J connectivity index is 1.58. The van der Waals surface area contributed by atoms with Crippen LogP contribution < -0.4 is 15.0 Å². The standard InChI is InChI=1S/C22H32N2O3/c1-3-5-6-16-7-9-17(10-8-16)22(26)23-18-11-12-19-20(14-18)27-15-21(25)24(19)13-4-2/h11-12,14,16-17H,3-10,13,15H2,1-2H3,(H,23,26). The summed E-state index contributed by atoms with van der Waals surface area (Å²) in [6.07, 6.45) is 9.06. The highest BCUT2D eigenvalue weighted by Crippen LogP contribution is 2.36. The van der Waals surface area contributed by atoms with Gasteiger partial charge in [-0.05, 0) is 50.2 Å². The second kappa shape index (κ2) is 9.25. The van der Waals surface area contributed by atoms with E-state index in [9.17, 15) is 9.59 Å². The summed E-state index contributed by atoms with van der Waals surface area (Å²) >= 11 is 0. The number of hydrogen-bond acceptors (Lipinski definition) is 3. The monoisotopic (exact) mass is 372 g/mol. The molecule has 2 amide bonds. The van der Waals surface area contributed by atoms with Crippen molar-refractivity contribution in [2.24, 2.45) is 11.8 Å². The average Bonchev–Trinajstić information content (AvgIpc) is 2.69. The average molecular weight is 373 g/mol. The molecule has 1 heterocycles. The molecule has 1 fully saturated rings. The maximum atomic E-state index is 12.7. The van der Waals surface area contributed by atoms with Crippen LogP contribution in [-0.2, 0) is 9.59 Å². The van der Waals surface area contributed by atoms with Gasteiger partial charge in [0.2, 0.25) is 5.91 Å². The van der Waals surface area contributed by atoms with Gasteiger partial charge in [-0.2, -0.15) is 0 Å². The summed E-state index contributed by atoms with van der Waals surface area (Å²) in [6.45, 7) is 5.03. The van der Waals surface area contributed by atoms with E-state index in [2.05, 4.69) is 12.2 Å². The molecule has 1 saturated carbocycles. The number of ether oxygens (including phenoxy) is 1. The Morgan fingerprint density at radius 2 is 1.96 bits per heavy atom. The maximum Gasteiger partial charge on any atom is 0.265 e. The Morgan fingerprint density at radius 3 is 2.67 bits per heavy atom. The summed E-state index contributed by atoms with van der Waals surface area (Å²) in [5.74, 6) is 1.68. The van der Waals surface area contributed by atoms with Crippen LogP contribution in [0.15, 0.2) is 18.2 Å². The van der Waals surface area contributed by atoms with Crippen molar-refractivity contribution >= 4 is 23.2 Å². The van der Waals surface area contributed by atoms with Crippen molar-refractivity contribution in [1.29, 1.82) is 0 Å². The summed E-state index contributed by atoms with van der Waals surface area (Å²) in [5, 5.41) is 3.06. The van der Waals surface area contributed by atoms with Crippen LogP contribution in [0.25, 0.3) is 0 Å². The van der Waals surface area contributed by atoms with Crippen molar-refractivity contribution in [2.45, 2.75) is 65.2 Å². The molecule has 1 N–H and O–H groups in total. The second-order valence-electron chi connectivity index (χ2n) is 7.87. The van der Waals surface area contributed by atoms with Gasteiger partial charge in [0, 0.05) is 24.2 Å². The number of fused-ring (bicyclic) bond motifs is 1. The van der Waals surface area contributed by atoms with Gasteiger partial charge < -0.3 is 15.0 Å². The minimum Gasteiger partial charge on any atom is -0.481 e. The minimum atomic E-state index is -0.0130. The van der Waals surface area contributed by atoms with Gasteiger partial charge in [0.05, 0.1) is 5.69 Å². The van der Waals surface area contributed by atoms with Crippen LogP contribution in [0.5, 0.6) is 5.75 Å². The molecule has 0 radical (unpaired) electrons. The van der Waals surface area contributed by atoms with Crippen molar-refractivity contribution in [3.63, 3.8) is 0 Å². The van der Waals surface area contributed by atoms with Crippen molar-refractivity contribution < 1.29 is 14.3 Å². The lowest BCUT2D eigenvalue weighted by Crippen LogP contribution is -2.39. The van der Waals surface area contributed by atoms with E-state index in [0.29, 0.717) is 12.3 Å². The van der Waals surface area contributed by atoms with Gasteiger partial charge in [-0.3, -0.25) is 9.59 Å². The molecule has 3 rings (SSSR count). The zero-order chi connectivity index (χ0) is 19.2. The fourth-order valence-corrected chi connectivity index (χ4v) is 4.20.